The summed E-state index contributed by atoms with van der Waals surface area (Å²) in [5, 5.41) is 19.0. The smallest absolute Gasteiger partial charge is 0.262 e. The predicted octanol–water partition coefficient (Wildman–Crippen LogP) is 0.732. The number of nitrogens with one attached hydrogen (secondary N) is 1. The van der Waals surface area contributed by atoms with Gasteiger partial charge in [-0.2, -0.15) is 15.3 Å². The van der Waals surface area contributed by atoms with Crippen LogP contribution in [0.25, 0.3) is 23.1 Å². The van der Waals surface area contributed by atoms with Crippen LogP contribution in [0.4, 0.5) is 0 Å². The Morgan fingerprint density at radius 2 is 2.39 bits per heavy atom. The molecule has 0 saturated heterocycles. The molecule has 0 atom stereocenters. The molecule has 0 fully saturated rings. The van der Waals surface area contributed by atoms with E-state index in [0.29, 0.717) is 17.2 Å². The molecule has 0 bridgehead atoms. The van der Waals surface area contributed by atoms with E-state index in [1.54, 1.807) is 17.0 Å². The largest absolute Gasteiger partial charge is 0.333 e. The van der Waals surface area contributed by atoms with Crippen LogP contribution in [0.3, 0.4) is 0 Å². The van der Waals surface area contributed by atoms with E-state index in [-0.39, 0.29) is 11.6 Å². The van der Waals surface area contributed by atoms with Gasteiger partial charge in [-0.15, -0.1) is 0 Å². The molecule has 0 unspecified atom stereocenters. The summed E-state index contributed by atoms with van der Waals surface area (Å²) in [5.41, 5.74) is 0.760. The molecule has 1 N–H and O–H groups in total. The lowest BCUT2D eigenvalue weighted by Crippen LogP contribution is -1.92. The number of nitriles is 1. The van der Waals surface area contributed by atoms with Crippen LogP contribution < -0.4 is 0 Å². The molecule has 0 aliphatic carbocycles. The van der Waals surface area contributed by atoms with Gasteiger partial charge in [-0.3, -0.25) is 5.10 Å². The van der Waals surface area contributed by atoms with Crippen LogP contribution in [0.1, 0.15) is 5.69 Å². The van der Waals surface area contributed by atoms with Crippen LogP contribution in [0.15, 0.2) is 23.1 Å². The minimum atomic E-state index is 0.235. The molecule has 0 amide bonds. The van der Waals surface area contributed by atoms with Crippen molar-refractivity contribution in [2.24, 2.45) is 7.05 Å². The van der Waals surface area contributed by atoms with Gasteiger partial charge in [0.25, 0.3) is 5.89 Å². The van der Waals surface area contributed by atoms with Gasteiger partial charge >= 0.3 is 0 Å². The highest BCUT2D eigenvalue weighted by Crippen LogP contribution is 2.22. The maximum absolute atomic E-state index is 8.88. The van der Waals surface area contributed by atoms with Gasteiger partial charge < -0.3 is 9.09 Å². The minimum absolute atomic E-state index is 0.235. The molecule has 18 heavy (non-hydrogen) atoms. The third-order valence-electron chi connectivity index (χ3n) is 2.43. The zero-order valence-corrected chi connectivity index (χ0v) is 9.32. The highest BCUT2D eigenvalue weighted by Gasteiger charge is 2.17. The van der Waals surface area contributed by atoms with E-state index in [1.807, 2.05) is 13.1 Å². The average Bonchev–Trinajstić information content (AvgIpc) is 3.06. The van der Waals surface area contributed by atoms with Gasteiger partial charge in [0.15, 0.2) is 5.82 Å². The monoisotopic (exact) mass is 241 g/mol. The number of aromatic amines is 1. The highest BCUT2D eigenvalue weighted by atomic mass is 16.5. The van der Waals surface area contributed by atoms with E-state index < -0.39 is 0 Å². The summed E-state index contributed by atoms with van der Waals surface area (Å²) in [4.78, 5) is 8.31. The molecule has 0 aliphatic rings. The molecule has 8 nitrogen and oxygen atoms in total. The minimum Gasteiger partial charge on any atom is -0.333 e. The number of imidazole rings is 1. The first-order valence-electron chi connectivity index (χ1n) is 5.05. The lowest BCUT2D eigenvalue weighted by atomic mass is 10.2. The van der Waals surface area contributed by atoms with Gasteiger partial charge in [0.05, 0.1) is 11.8 Å². The lowest BCUT2D eigenvalue weighted by molar-refractivity contribution is 0.431. The van der Waals surface area contributed by atoms with E-state index in [4.69, 9.17) is 9.78 Å². The van der Waals surface area contributed by atoms with E-state index >= 15 is 0 Å². The normalized spacial score (nSPS) is 10.4. The first-order valence-corrected chi connectivity index (χ1v) is 5.05. The summed E-state index contributed by atoms with van der Waals surface area (Å²) in [7, 11) is 1.83. The molecular formula is C10H7N7O. The Morgan fingerprint density at radius 1 is 1.50 bits per heavy atom. The fourth-order valence-corrected chi connectivity index (χ4v) is 1.54. The molecule has 88 valence electrons. The topological polar surface area (TPSA) is 109 Å². The van der Waals surface area contributed by atoms with Crippen molar-refractivity contribution in [1.82, 2.24) is 29.9 Å². The molecule has 3 heterocycles. The highest BCUT2D eigenvalue weighted by molar-refractivity contribution is 5.61. The zero-order chi connectivity index (χ0) is 12.5. The summed E-state index contributed by atoms with van der Waals surface area (Å²) < 4.78 is 6.88. The second-order valence-electron chi connectivity index (χ2n) is 3.56. The molecule has 3 aromatic rings. The van der Waals surface area contributed by atoms with E-state index in [0.717, 1.165) is 0 Å². The number of rotatable bonds is 2. The first kappa shape index (κ1) is 10.2. The van der Waals surface area contributed by atoms with Crippen molar-refractivity contribution in [3.8, 4) is 29.2 Å². The number of aryl methyl sites for hydroxylation is 1. The Morgan fingerprint density at radius 3 is 3.11 bits per heavy atom. The van der Waals surface area contributed by atoms with Gasteiger partial charge in [0.2, 0.25) is 5.82 Å². The molecule has 0 radical (unpaired) electrons. The van der Waals surface area contributed by atoms with Crippen LogP contribution in [-0.2, 0) is 7.05 Å². The molecule has 3 rings (SSSR count). The number of H-pyrrole nitrogens is 1. The summed E-state index contributed by atoms with van der Waals surface area (Å²) in [5.74, 6) is 1.19. The maximum atomic E-state index is 8.88. The zero-order valence-electron chi connectivity index (χ0n) is 9.32. The SMILES string of the molecule is Cn1ccnc1-c1noc(-c2cn[nH]c2C#N)n1. The Hall–Kier alpha value is -2.95. The van der Waals surface area contributed by atoms with Crippen LogP contribution in [0.2, 0.25) is 0 Å². The second-order valence-corrected chi connectivity index (χ2v) is 3.56. The maximum Gasteiger partial charge on any atom is 0.262 e. The van der Waals surface area contributed by atoms with Gasteiger partial charge in [-0.1, -0.05) is 5.16 Å². The fourth-order valence-electron chi connectivity index (χ4n) is 1.54. The van der Waals surface area contributed by atoms with Gasteiger partial charge in [0.1, 0.15) is 11.8 Å². The van der Waals surface area contributed by atoms with E-state index in [2.05, 4.69) is 25.3 Å². The van der Waals surface area contributed by atoms with Crippen molar-refractivity contribution in [2.45, 2.75) is 0 Å². The Kier molecular flexibility index (Phi) is 2.16. The number of aromatic nitrogens is 6. The average molecular weight is 241 g/mol. The third kappa shape index (κ3) is 1.46. The van der Waals surface area contributed by atoms with Crippen LogP contribution in [0, 0.1) is 11.3 Å². The predicted molar refractivity (Wildman–Crippen MR) is 58.8 cm³/mol. The Balaban J connectivity index is 2.06. The molecule has 0 saturated carbocycles. The standard InChI is InChI=1S/C10H7N7O/c1-17-3-2-12-9(17)8-14-10(18-16-8)6-5-13-15-7(6)4-11/h2-3,5H,1H3,(H,13,15). The summed E-state index contributed by atoms with van der Waals surface area (Å²) in [6.07, 6.45) is 4.89. The van der Waals surface area contributed by atoms with Crippen molar-refractivity contribution in [3.05, 3.63) is 24.3 Å². The third-order valence-corrected chi connectivity index (χ3v) is 2.43. The number of hydrogen-bond donors (Lipinski definition) is 1. The molecular weight excluding hydrogens is 234 g/mol. The van der Waals surface area contributed by atoms with Gasteiger partial charge in [-0.05, 0) is 0 Å². The first-order chi connectivity index (χ1) is 8.79. The fraction of sp³-hybridized carbons (Fsp3) is 0.100. The molecule has 0 aromatic carbocycles. The van der Waals surface area contributed by atoms with E-state index in [9.17, 15) is 0 Å². The van der Waals surface area contributed by atoms with E-state index in [1.165, 1.54) is 6.20 Å². The van der Waals surface area contributed by atoms with Crippen LogP contribution >= 0.6 is 0 Å². The van der Waals surface area contributed by atoms with Gasteiger partial charge in [0, 0.05) is 19.4 Å². The van der Waals surface area contributed by atoms with Gasteiger partial charge in [-0.25, -0.2) is 4.98 Å². The van der Waals surface area contributed by atoms with Crippen molar-refractivity contribution in [1.29, 1.82) is 5.26 Å². The second kappa shape index (κ2) is 3.81. The van der Waals surface area contributed by atoms with Crippen molar-refractivity contribution >= 4 is 0 Å². The van der Waals surface area contributed by atoms with Crippen molar-refractivity contribution < 1.29 is 4.52 Å². The molecule has 8 heteroatoms. The number of hydrogen-bond acceptors (Lipinski definition) is 6. The Labute approximate surface area is 101 Å². The molecule has 0 spiro atoms. The van der Waals surface area contributed by atoms with Crippen molar-refractivity contribution in [3.63, 3.8) is 0 Å². The summed E-state index contributed by atoms with van der Waals surface area (Å²) >= 11 is 0. The molecule has 3 aromatic heterocycles. The van der Waals surface area contributed by atoms with Crippen LogP contribution in [0.5, 0.6) is 0 Å². The summed E-state index contributed by atoms with van der Waals surface area (Å²) in [6, 6.07) is 1.96. The lowest BCUT2D eigenvalue weighted by Gasteiger charge is -1.92. The van der Waals surface area contributed by atoms with Crippen molar-refractivity contribution in [2.75, 3.05) is 0 Å². The quantitative estimate of drug-likeness (QED) is 0.708. The van der Waals surface area contributed by atoms with Crippen LogP contribution in [-0.4, -0.2) is 29.9 Å². The number of nitrogens with zero attached hydrogens (tertiary/aromatic N) is 6. The summed E-state index contributed by atoms with van der Waals surface area (Å²) in [6.45, 7) is 0. The Bertz CT molecular complexity index is 729. The molecule has 0 aliphatic heterocycles.